The lowest BCUT2D eigenvalue weighted by Gasteiger charge is -2.40. The minimum absolute atomic E-state index is 0.0551. The van der Waals surface area contributed by atoms with Crippen LogP contribution in [0.4, 0.5) is 0 Å². The molecule has 17 heavy (non-hydrogen) atoms. The average molecular weight is 245 g/mol. The smallest absolute Gasteiger partial charge is 0.0615 e. The molecule has 0 aromatic rings. The van der Waals surface area contributed by atoms with Gasteiger partial charge in [-0.25, -0.2) is 0 Å². The van der Waals surface area contributed by atoms with Crippen LogP contribution in [0.5, 0.6) is 0 Å². The van der Waals surface area contributed by atoms with Crippen molar-refractivity contribution in [2.75, 3.05) is 33.0 Å². The second-order valence-corrected chi connectivity index (χ2v) is 5.27. The van der Waals surface area contributed by atoms with Gasteiger partial charge in [-0.15, -0.1) is 0 Å². The van der Waals surface area contributed by atoms with Gasteiger partial charge >= 0.3 is 0 Å². The van der Waals surface area contributed by atoms with Crippen LogP contribution in [0.15, 0.2) is 0 Å². The highest BCUT2D eigenvalue weighted by molar-refractivity contribution is 4.92. The summed E-state index contributed by atoms with van der Waals surface area (Å²) in [6.07, 6.45) is 3.59. The first-order valence-electron chi connectivity index (χ1n) is 6.70. The van der Waals surface area contributed by atoms with E-state index in [1.54, 1.807) is 0 Å². The average Bonchev–Trinajstić information content (AvgIpc) is 2.42. The summed E-state index contributed by atoms with van der Waals surface area (Å²) in [5.74, 6) is 0. The Bertz CT molecular complexity index is 202. The Labute approximate surface area is 104 Å². The zero-order chi connectivity index (χ0) is 12.8. The van der Waals surface area contributed by atoms with Crippen molar-refractivity contribution < 1.29 is 14.9 Å². The Hall–Kier alpha value is -0.160. The van der Waals surface area contributed by atoms with Crippen molar-refractivity contribution in [1.29, 1.82) is 0 Å². The van der Waals surface area contributed by atoms with Crippen molar-refractivity contribution in [2.24, 2.45) is 5.41 Å². The molecule has 0 spiro atoms. The Morgan fingerprint density at radius 1 is 1.18 bits per heavy atom. The highest BCUT2D eigenvalue weighted by atomic mass is 16.5. The lowest BCUT2D eigenvalue weighted by atomic mass is 9.81. The van der Waals surface area contributed by atoms with Crippen molar-refractivity contribution in [3.05, 3.63) is 0 Å². The quantitative estimate of drug-likeness (QED) is 0.624. The largest absolute Gasteiger partial charge is 0.396 e. The molecule has 1 heterocycles. The molecule has 1 rings (SSSR count). The molecule has 1 aliphatic rings. The van der Waals surface area contributed by atoms with E-state index in [1.165, 1.54) is 0 Å². The third-order valence-electron chi connectivity index (χ3n) is 4.43. The summed E-state index contributed by atoms with van der Waals surface area (Å²) in [6.45, 7) is 6.73. The number of hydrogen-bond acceptors (Lipinski definition) is 4. The van der Waals surface area contributed by atoms with Crippen molar-refractivity contribution >= 4 is 0 Å². The number of ether oxygens (including phenoxy) is 1. The fraction of sp³-hybridized carbons (Fsp3) is 1.00. The van der Waals surface area contributed by atoms with E-state index in [0.29, 0.717) is 13.2 Å². The standard InChI is InChI=1S/C13H27NO3/c1-3-12(4-2,10-15)9-14-13(11-16)5-7-17-8-6-13/h14-16H,3-11H2,1-2H3. The topological polar surface area (TPSA) is 61.7 Å². The first kappa shape index (κ1) is 14.9. The van der Waals surface area contributed by atoms with Gasteiger partial charge in [-0.3, -0.25) is 0 Å². The molecule has 0 aliphatic carbocycles. The molecule has 0 aromatic heterocycles. The lowest BCUT2D eigenvalue weighted by molar-refractivity contribution is 0.00137. The molecule has 0 bridgehead atoms. The number of aliphatic hydroxyl groups excluding tert-OH is 2. The Morgan fingerprint density at radius 2 is 1.76 bits per heavy atom. The zero-order valence-corrected chi connectivity index (χ0v) is 11.2. The van der Waals surface area contributed by atoms with Gasteiger partial charge in [0.1, 0.15) is 0 Å². The maximum atomic E-state index is 9.58. The molecule has 1 saturated heterocycles. The van der Waals surface area contributed by atoms with Gasteiger partial charge < -0.3 is 20.3 Å². The monoisotopic (exact) mass is 245 g/mol. The molecule has 0 aromatic carbocycles. The van der Waals surface area contributed by atoms with Crippen molar-refractivity contribution in [3.63, 3.8) is 0 Å². The number of hydrogen-bond donors (Lipinski definition) is 3. The maximum Gasteiger partial charge on any atom is 0.0615 e. The minimum Gasteiger partial charge on any atom is -0.396 e. The fourth-order valence-electron chi connectivity index (χ4n) is 2.31. The van der Waals surface area contributed by atoms with E-state index in [-0.39, 0.29) is 24.2 Å². The van der Waals surface area contributed by atoms with E-state index in [4.69, 9.17) is 4.74 Å². The lowest BCUT2D eigenvalue weighted by Crippen LogP contribution is -2.55. The van der Waals surface area contributed by atoms with E-state index in [9.17, 15) is 10.2 Å². The highest BCUT2D eigenvalue weighted by Gasteiger charge is 2.34. The van der Waals surface area contributed by atoms with Gasteiger partial charge in [0.05, 0.1) is 6.61 Å². The van der Waals surface area contributed by atoms with Crippen LogP contribution in [-0.2, 0) is 4.74 Å². The number of rotatable bonds is 7. The molecule has 102 valence electrons. The second kappa shape index (κ2) is 6.69. The van der Waals surface area contributed by atoms with E-state index in [1.807, 2.05) is 0 Å². The van der Waals surface area contributed by atoms with Crippen LogP contribution in [0, 0.1) is 5.41 Å². The summed E-state index contributed by atoms with van der Waals surface area (Å²) >= 11 is 0. The first-order valence-corrected chi connectivity index (χ1v) is 6.70. The van der Waals surface area contributed by atoms with Crippen LogP contribution >= 0.6 is 0 Å². The zero-order valence-electron chi connectivity index (χ0n) is 11.2. The predicted octanol–water partition coefficient (Wildman–Crippen LogP) is 0.916. The van der Waals surface area contributed by atoms with E-state index >= 15 is 0 Å². The molecule has 4 heteroatoms. The second-order valence-electron chi connectivity index (χ2n) is 5.27. The number of aliphatic hydroxyl groups is 2. The molecule has 0 amide bonds. The normalized spacial score (nSPS) is 20.5. The van der Waals surface area contributed by atoms with E-state index < -0.39 is 0 Å². The molecule has 0 saturated carbocycles. The third-order valence-corrected chi connectivity index (χ3v) is 4.43. The van der Waals surface area contributed by atoms with Gasteiger partial charge in [0, 0.05) is 37.3 Å². The van der Waals surface area contributed by atoms with Crippen molar-refractivity contribution in [3.8, 4) is 0 Å². The molecule has 1 aliphatic heterocycles. The molecule has 0 unspecified atom stereocenters. The van der Waals surface area contributed by atoms with E-state index in [0.717, 1.165) is 32.2 Å². The van der Waals surface area contributed by atoms with Crippen LogP contribution in [0.2, 0.25) is 0 Å². The maximum absolute atomic E-state index is 9.58. The summed E-state index contributed by atoms with van der Waals surface area (Å²) in [7, 11) is 0. The molecule has 3 N–H and O–H groups in total. The summed E-state index contributed by atoms with van der Waals surface area (Å²) in [6, 6.07) is 0. The van der Waals surface area contributed by atoms with Gasteiger partial charge in [0.15, 0.2) is 0 Å². The summed E-state index contributed by atoms with van der Waals surface area (Å²) < 4.78 is 5.34. The molecule has 4 nitrogen and oxygen atoms in total. The van der Waals surface area contributed by atoms with Gasteiger partial charge in [0.2, 0.25) is 0 Å². The fourth-order valence-corrected chi connectivity index (χ4v) is 2.31. The van der Waals surface area contributed by atoms with Crippen molar-refractivity contribution in [2.45, 2.75) is 45.1 Å². The Balaban J connectivity index is 2.56. The summed E-state index contributed by atoms with van der Waals surface area (Å²) in [5, 5.41) is 22.6. The van der Waals surface area contributed by atoms with Gasteiger partial charge in [0.25, 0.3) is 0 Å². The van der Waals surface area contributed by atoms with E-state index in [2.05, 4.69) is 19.2 Å². The van der Waals surface area contributed by atoms with Crippen LogP contribution in [0.25, 0.3) is 0 Å². The molecular weight excluding hydrogens is 218 g/mol. The molecular formula is C13H27NO3. The summed E-state index contributed by atoms with van der Waals surface area (Å²) in [5.41, 5.74) is -0.260. The van der Waals surface area contributed by atoms with Crippen molar-refractivity contribution in [1.82, 2.24) is 5.32 Å². The Kier molecular flexibility index (Phi) is 5.86. The van der Waals surface area contributed by atoms with Gasteiger partial charge in [-0.2, -0.15) is 0 Å². The SMILES string of the molecule is CCC(CC)(CO)CNC1(CO)CCOCC1. The molecule has 0 radical (unpaired) electrons. The molecule has 0 atom stereocenters. The van der Waals surface area contributed by atoms with Gasteiger partial charge in [-0.1, -0.05) is 13.8 Å². The van der Waals surface area contributed by atoms with Crippen LogP contribution in [-0.4, -0.2) is 48.7 Å². The van der Waals surface area contributed by atoms with Crippen LogP contribution < -0.4 is 5.32 Å². The Morgan fingerprint density at radius 3 is 2.18 bits per heavy atom. The van der Waals surface area contributed by atoms with Crippen LogP contribution in [0.3, 0.4) is 0 Å². The minimum atomic E-state index is -0.205. The summed E-state index contributed by atoms with van der Waals surface area (Å²) in [4.78, 5) is 0. The van der Waals surface area contributed by atoms with Gasteiger partial charge in [-0.05, 0) is 25.7 Å². The first-order chi connectivity index (χ1) is 8.16. The molecule has 1 fully saturated rings. The predicted molar refractivity (Wildman–Crippen MR) is 68.0 cm³/mol. The highest BCUT2D eigenvalue weighted by Crippen LogP contribution is 2.27. The van der Waals surface area contributed by atoms with Crippen LogP contribution in [0.1, 0.15) is 39.5 Å². The third kappa shape index (κ3) is 3.65. The number of nitrogens with one attached hydrogen (secondary N) is 1.